The summed E-state index contributed by atoms with van der Waals surface area (Å²) in [6.45, 7) is 11.9. The molecule has 0 aromatic heterocycles. The van der Waals surface area contributed by atoms with Crippen LogP contribution in [-0.4, -0.2) is 63.6 Å². The number of fused-ring (bicyclic) bond motifs is 5. The SMILES string of the molecule is CC(C)CCC[C@@H](C)[C@H]1CC[C@H]2[C@@H]3CCC4CC[C@@H](C(=O)Nc5ccc(O[C@H]6O[C@H](CO)[C@@H](O)[C@H](O)[C@H]6O)cc5)C[C@]4(C)[C@H]3CC[C@]12C. The normalized spacial score (nSPS) is 43.2. The average molecular weight is 670 g/mol. The van der Waals surface area contributed by atoms with E-state index in [1.54, 1.807) is 24.3 Å². The summed E-state index contributed by atoms with van der Waals surface area (Å²) in [4.78, 5) is 13.7. The highest BCUT2D eigenvalue weighted by Crippen LogP contribution is 2.68. The van der Waals surface area contributed by atoms with Crippen molar-refractivity contribution in [3.63, 3.8) is 0 Å². The molecule has 1 unspecified atom stereocenters. The van der Waals surface area contributed by atoms with Crippen LogP contribution in [0.5, 0.6) is 5.75 Å². The van der Waals surface area contributed by atoms with Crippen LogP contribution >= 0.6 is 0 Å². The number of hydrogen-bond acceptors (Lipinski definition) is 7. The number of hydrogen-bond donors (Lipinski definition) is 5. The van der Waals surface area contributed by atoms with E-state index >= 15 is 0 Å². The maximum Gasteiger partial charge on any atom is 0.229 e. The average Bonchev–Trinajstić information content (AvgIpc) is 3.42. The van der Waals surface area contributed by atoms with E-state index in [0.717, 1.165) is 60.7 Å². The topological polar surface area (TPSA) is 128 Å². The number of carbonyl (C=O) groups is 1. The monoisotopic (exact) mass is 669 g/mol. The molecule has 4 saturated carbocycles. The number of rotatable bonds is 10. The fourth-order valence-electron chi connectivity index (χ4n) is 11.8. The molecule has 4 aliphatic carbocycles. The van der Waals surface area contributed by atoms with Crippen LogP contribution in [0.2, 0.25) is 0 Å². The lowest BCUT2D eigenvalue weighted by Crippen LogP contribution is -2.60. The van der Waals surface area contributed by atoms with Crippen molar-refractivity contribution in [2.75, 3.05) is 11.9 Å². The van der Waals surface area contributed by atoms with Gasteiger partial charge in [-0.3, -0.25) is 4.79 Å². The maximum atomic E-state index is 13.7. The fraction of sp³-hybridized carbons (Fsp3) is 0.825. The van der Waals surface area contributed by atoms with E-state index in [9.17, 15) is 25.2 Å². The lowest BCUT2D eigenvalue weighted by molar-refractivity contribution is -0.277. The first-order valence-electron chi connectivity index (χ1n) is 19.2. The van der Waals surface area contributed by atoms with Gasteiger partial charge in [-0.15, -0.1) is 0 Å². The summed E-state index contributed by atoms with van der Waals surface area (Å²) in [5, 5.41) is 43.0. The van der Waals surface area contributed by atoms with E-state index in [0.29, 0.717) is 16.9 Å². The third-order valence-corrected chi connectivity index (χ3v) is 14.4. The molecule has 6 rings (SSSR count). The largest absolute Gasteiger partial charge is 0.462 e. The van der Waals surface area contributed by atoms with Crippen LogP contribution in [0.15, 0.2) is 24.3 Å². The molecule has 0 radical (unpaired) electrons. The van der Waals surface area contributed by atoms with Gasteiger partial charge >= 0.3 is 0 Å². The van der Waals surface area contributed by atoms with Gasteiger partial charge in [-0.2, -0.15) is 0 Å². The summed E-state index contributed by atoms with van der Waals surface area (Å²) >= 11 is 0. The van der Waals surface area contributed by atoms with Crippen LogP contribution in [0.3, 0.4) is 0 Å². The quantitative estimate of drug-likeness (QED) is 0.191. The Morgan fingerprint density at radius 2 is 1.60 bits per heavy atom. The highest BCUT2D eigenvalue weighted by Gasteiger charge is 2.61. The van der Waals surface area contributed by atoms with E-state index in [-0.39, 0.29) is 17.2 Å². The minimum absolute atomic E-state index is 0.000610. The third kappa shape index (κ3) is 6.82. The smallest absolute Gasteiger partial charge is 0.229 e. The van der Waals surface area contributed by atoms with Crippen molar-refractivity contribution in [3.05, 3.63) is 24.3 Å². The summed E-state index contributed by atoms with van der Waals surface area (Å²) in [5.74, 6) is 6.03. The molecule has 0 spiro atoms. The Balaban J connectivity index is 1.06. The Labute approximate surface area is 288 Å². The molecule has 1 heterocycles. The molecule has 1 aliphatic heterocycles. The van der Waals surface area contributed by atoms with Crippen molar-refractivity contribution in [2.24, 2.45) is 58.2 Å². The van der Waals surface area contributed by atoms with Gasteiger partial charge in [-0.1, -0.05) is 53.9 Å². The van der Waals surface area contributed by atoms with Crippen molar-refractivity contribution < 1.29 is 34.7 Å². The minimum atomic E-state index is -1.50. The molecule has 270 valence electrons. The molecule has 5 aliphatic rings. The fourth-order valence-corrected chi connectivity index (χ4v) is 11.8. The standard InChI is InChI=1S/C40H63NO7/c1-23(2)7-6-8-24(3)30-17-18-31-29-16-11-26-10-9-25(21-40(26,5)32(29)19-20-39(30,31)4)37(46)41-27-12-14-28(15-13-27)47-38-36(45)35(44)34(43)33(22-42)48-38/h12-15,23-26,29-36,38,42-45H,6-11,16-22H2,1-5H3,(H,41,46)/t24-,25-,26?,29+,30-,31+,32+,33-,34-,35+,36-,38+,39-,40+/m1/s1. The van der Waals surface area contributed by atoms with E-state index in [1.165, 1.54) is 57.8 Å². The summed E-state index contributed by atoms with van der Waals surface area (Å²) in [5.41, 5.74) is 1.38. The molecule has 1 aromatic rings. The lowest BCUT2D eigenvalue weighted by atomic mass is 9.43. The first-order valence-corrected chi connectivity index (χ1v) is 19.2. The molecule has 48 heavy (non-hydrogen) atoms. The molecule has 14 atom stereocenters. The number of ether oxygens (including phenoxy) is 2. The number of anilines is 1. The van der Waals surface area contributed by atoms with Crippen LogP contribution in [0.25, 0.3) is 0 Å². The summed E-state index contributed by atoms with van der Waals surface area (Å²) in [7, 11) is 0. The Morgan fingerprint density at radius 3 is 2.31 bits per heavy atom. The summed E-state index contributed by atoms with van der Waals surface area (Å²) in [6, 6.07) is 6.90. The van der Waals surface area contributed by atoms with Gasteiger partial charge in [0.25, 0.3) is 0 Å². The van der Waals surface area contributed by atoms with E-state index < -0.39 is 37.3 Å². The first-order chi connectivity index (χ1) is 22.9. The van der Waals surface area contributed by atoms with Crippen LogP contribution in [-0.2, 0) is 9.53 Å². The summed E-state index contributed by atoms with van der Waals surface area (Å²) in [6.07, 6.45) is 8.64. The number of benzene rings is 1. The zero-order chi connectivity index (χ0) is 34.4. The second-order valence-corrected chi connectivity index (χ2v) is 17.5. The van der Waals surface area contributed by atoms with Crippen molar-refractivity contribution >= 4 is 11.6 Å². The second-order valence-electron chi connectivity index (χ2n) is 17.5. The molecule has 1 saturated heterocycles. The zero-order valence-corrected chi connectivity index (χ0v) is 30.0. The third-order valence-electron chi connectivity index (χ3n) is 14.4. The molecule has 1 amide bonds. The Kier molecular flexibility index (Phi) is 10.9. The molecular weight excluding hydrogens is 606 g/mol. The summed E-state index contributed by atoms with van der Waals surface area (Å²) < 4.78 is 11.2. The van der Waals surface area contributed by atoms with Crippen LogP contribution in [0.1, 0.15) is 112 Å². The Morgan fingerprint density at radius 1 is 0.896 bits per heavy atom. The minimum Gasteiger partial charge on any atom is -0.462 e. The number of aliphatic hydroxyl groups excluding tert-OH is 4. The van der Waals surface area contributed by atoms with Crippen molar-refractivity contribution in [1.82, 2.24) is 0 Å². The van der Waals surface area contributed by atoms with Crippen LogP contribution in [0, 0.1) is 58.2 Å². The van der Waals surface area contributed by atoms with Gasteiger partial charge < -0.3 is 35.2 Å². The van der Waals surface area contributed by atoms with Crippen LogP contribution < -0.4 is 10.1 Å². The Bertz CT molecular complexity index is 1240. The maximum absolute atomic E-state index is 13.7. The zero-order valence-electron chi connectivity index (χ0n) is 30.0. The van der Waals surface area contributed by atoms with Crippen LogP contribution in [0.4, 0.5) is 5.69 Å². The van der Waals surface area contributed by atoms with Gasteiger partial charge in [0.1, 0.15) is 30.2 Å². The Hall–Kier alpha value is -1.71. The van der Waals surface area contributed by atoms with E-state index in [2.05, 4.69) is 39.9 Å². The molecule has 8 nitrogen and oxygen atoms in total. The first kappa shape index (κ1) is 36.1. The molecule has 5 N–H and O–H groups in total. The van der Waals surface area contributed by atoms with E-state index in [4.69, 9.17) is 9.47 Å². The van der Waals surface area contributed by atoms with Crippen molar-refractivity contribution in [3.8, 4) is 5.75 Å². The predicted molar refractivity (Wildman–Crippen MR) is 186 cm³/mol. The van der Waals surface area contributed by atoms with Gasteiger partial charge in [-0.25, -0.2) is 0 Å². The number of amides is 1. The van der Waals surface area contributed by atoms with Gasteiger partial charge in [0.2, 0.25) is 12.2 Å². The van der Waals surface area contributed by atoms with Gasteiger partial charge in [0.15, 0.2) is 0 Å². The molecule has 1 aromatic carbocycles. The number of carbonyl (C=O) groups excluding carboxylic acids is 1. The highest BCUT2D eigenvalue weighted by molar-refractivity contribution is 5.92. The molecule has 0 bridgehead atoms. The van der Waals surface area contributed by atoms with Gasteiger partial charge in [-0.05, 0) is 134 Å². The molecule has 5 fully saturated rings. The lowest BCUT2D eigenvalue weighted by Gasteiger charge is -2.61. The van der Waals surface area contributed by atoms with E-state index in [1.807, 2.05) is 0 Å². The number of nitrogens with one attached hydrogen (secondary N) is 1. The predicted octanol–water partition coefficient (Wildman–Crippen LogP) is 6.54. The second kappa shape index (κ2) is 14.5. The number of aliphatic hydroxyl groups is 4. The van der Waals surface area contributed by atoms with Crippen molar-refractivity contribution in [2.45, 2.75) is 142 Å². The van der Waals surface area contributed by atoms with Crippen molar-refractivity contribution in [1.29, 1.82) is 0 Å². The highest BCUT2D eigenvalue weighted by atomic mass is 16.7. The molecular formula is C40H63NO7. The van der Waals surface area contributed by atoms with Gasteiger partial charge in [0, 0.05) is 11.6 Å². The van der Waals surface area contributed by atoms with Gasteiger partial charge in [0.05, 0.1) is 6.61 Å². The molecule has 8 heteroatoms.